The molecule has 0 saturated heterocycles. The zero-order chi connectivity index (χ0) is 11.4. The maximum absolute atomic E-state index is 4.28. The van der Waals surface area contributed by atoms with Crippen LogP contribution < -0.4 is 5.32 Å². The lowest BCUT2D eigenvalue weighted by Crippen LogP contribution is -2.13. The van der Waals surface area contributed by atoms with Crippen LogP contribution in [-0.2, 0) is 6.54 Å². The Hall–Kier alpha value is -1.06. The first-order valence-corrected chi connectivity index (χ1v) is 5.78. The van der Waals surface area contributed by atoms with Crippen LogP contribution in [0.5, 0.6) is 0 Å². The van der Waals surface area contributed by atoms with Crippen LogP contribution in [0.4, 0.5) is 5.95 Å². The molecule has 0 aliphatic heterocycles. The molecule has 4 nitrogen and oxygen atoms in total. The topological polar surface area (TPSA) is 42.7 Å². The van der Waals surface area contributed by atoms with Gasteiger partial charge in [-0.05, 0) is 19.8 Å². The van der Waals surface area contributed by atoms with Crippen molar-refractivity contribution in [1.82, 2.24) is 14.8 Å². The number of rotatable bonds is 5. The SMILES string of the molecule is CCNc1nnc(C(C)C(C)C)n1CC. The Labute approximate surface area is 92.1 Å². The number of hydrogen-bond acceptors (Lipinski definition) is 3. The normalized spacial score (nSPS) is 13.2. The van der Waals surface area contributed by atoms with Crippen molar-refractivity contribution in [3.05, 3.63) is 5.82 Å². The first-order valence-electron chi connectivity index (χ1n) is 5.78. The molecule has 1 aromatic heterocycles. The molecule has 1 rings (SSSR count). The fourth-order valence-electron chi connectivity index (χ4n) is 1.55. The predicted molar refractivity (Wildman–Crippen MR) is 63.1 cm³/mol. The van der Waals surface area contributed by atoms with Gasteiger partial charge >= 0.3 is 0 Å². The molecule has 0 aliphatic rings. The molecular weight excluding hydrogens is 188 g/mol. The van der Waals surface area contributed by atoms with E-state index in [1.165, 1.54) is 0 Å². The summed E-state index contributed by atoms with van der Waals surface area (Å²) < 4.78 is 2.16. The molecule has 4 heteroatoms. The summed E-state index contributed by atoms with van der Waals surface area (Å²) in [6.07, 6.45) is 0. The molecule has 0 spiro atoms. The molecule has 0 fully saturated rings. The van der Waals surface area contributed by atoms with Gasteiger partial charge in [-0.2, -0.15) is 0 Å². The van der Waals surface area contributed by atoms with E-state index >= 15 is 0 Å². The van der Waals surface area contributed by atoms with Gasteiger partial charge in [-0.25, -0.2) is 0 Å². The van der Waals surface area contributed by atoms with Gasteiger partial charge in [-0.1, -0.05) is 20.8 Å². The van der Waals surface area contributed by atoms with Crippen molar-refractivity contribution >= 4 is 5.95 Å². The van der Waals surface area contributed by atoms with Crippen molar-refractivity contribution in [2.75, 3.05) is 11.9 Å². The van der Waals surface area contributed by atoms with E-state index in [4.69, 9.17) is 0 Å². The largest absolute Gasteiger partial charge is 0.355 e. The van der Waals surface area contributed by atoms with E-state index in [9.17, 15) is 0 Å². The van der Waals surface area contributed by atoms with Gasteiger partial charge in [-0.15, -0.1) is 10.2 Å². The summed E-state index contributed by atoms with van der Waals surface area (Å²) in [6.45, 7) is 12.6. The minimum absolute atomic E-state index is 0.449. The second kappa shape index (κ2) is 5.14. The molecule has 86 valence electrons. The highest BCUT2D eigenvalue weighted by atomic mass is 15.3. The van der Waals surface area contributed by atoms with E-state index in [-0.39, 0.29) is 0 Å². The number of anilines is 1. The Morgan fingerprint density at radius 3 is 2.33 bits per heavy atom. The van der Waals surface area contributed by atoms with Crippen molar-refractivity contribution in [2.45, 2.75) is 47.1 Å². The van der Waals surface area contributed by atoms with Gasteiger partial charge in [0, 0.05) is 19.0 Å². The summed E-state index contributed by atoms with van der Waals surface area (Å²) in [5.41, 5.74) is 0. The highest BCUT2D eigenvalue weighted by molar-refractivity contribution is 5.26. The molecule has 0 aliphatic carbocycles. The number of hydrogen-bond donors (Lipinski definition) is 1. The molecule has 1 aromatic rings. The molecular formula is C11H22N4. The van der Waals surface area contributed by atoms with Gasteiger partial charge in [0.15, 0.2) is 0 Å². The Bertz CT molecular complexity index is 304. The molecule has 1 N–H and O–H groups in total. The summed E-state index contributed by atoms with van der Waals surface area (Å²) in [4.78, 5) is 0. The average Bonchev–Trinajstić information content (AvgIpc) is 2.60. The first-order chi connectivity index (χ1) is 7.11. The van der Waals surface area contributed by atoms with Crippen molar-refractivity contribution in [2.24, 2.45) is 5.92 Å². The summed E-state index contributed by atoms with van der Waals surface area (Å²) in [7, 11) is 0. The maximum Gasteiger partial charge on any atom is 0.224 e. The third-order valence-electron chi connectivity index (χ3n) is 2.84. The van der Waals surface area contributed by atoms with Crippen LogP contribution in [0.2, 0.25) is 0 Å². The van der Waals surface area contributed by atoms with Crippen molar-refractivity contribution in [3.8, 4) is 0 Å². The van der Waals surface area contributed by atoms with Gasteiger partial charge in [0.25, 0.3) is 0 Å². The monoisotopic (exact) mass is 210 g/mol. The number of nitrogens with one attached hydrogen (secondary N) is 1. The number of nitrogens with zero attached hydrogens (tertiary/aromatic N) is 3. The highest BCUT2D eigenvalue weighted by Crippen LogP contribution is 2.23. The molecule has 0 bridgehead atoms. The van der Waals surface area contributed by atoms with Gasteiger partial charge in [0.05, 0.1) is 0 Å². The summed E-state index contributed by atoms with van der Waals surface area (Å²) in [6, 6.07) is 0. The molecule has 0 aromatic carbocycles. The van der Waals surface area contributed by atoms with Crippen LogP contribution in [0, 0.1) is 5.92 Å². The van der Waals surface area contributed by atoms with E-state index in [0.717, 1.165) is 24.9 Å². The zero-order valence-electron chi connectivity index (χ0n) is 10.4. The fraction of sp³-hybridized carbons (Fsp3) is 0.818. The van der Waals surface area contributed by atoms with E-state index in [2.05, 4.69) is 54.7 Å². The van der Waals surface area contributed by atoms with E-state index in [1.807, 2.05) is 0 Å². The lowest BCUT2D eigenvalue weighted by molar-refractivity contribution is 0.487. The van der Waals surface area contributed by atoms with Crippen LogP contribution in [0.3, 0.4) is 0 Å². The first kappa shape index (κ1) is 12.0. The molecule has 1 atom stereocenters. The molecule has 0 saturated carbocycles. The quantitative estimate of drug-likeness (QED) is 0.812. The Balaban J connectivity index is 2.98. The van der Waals surface area contributed by atoms with E-state index < -0.39 is 0 Å². The highest BCUT2D eigenvalue weighted by Gasteiger charge is 2.18. The molecule has 0 amide bonds. The molecule has 1 unspecified atom stereocenters. The van der Waals surface area contributed by atoms with Crippen LogP contribution in [0.1, 0.15) is 46.4 Å². The van der Waals surface area contributed by atoms with Gasteiger partial charge in [0.2, 0.25) is 5.95 Å². The lowest BCUT2D eigenvalue weighted by Gasteiger charge is -2.16. The van der Waals surface area contributed by atoms with E-state index in [1.54, 1.807) is 0 Å². The lowest BCUT2D eigenvalue weighted by atomic mass is 9.97. The summed E-state index contributed by atoms with van der Waals surface area (Å²) >= 11 is 0. The summed E-state index contributed by atoms with van der Waals surface area (Å²) in [5, 5.41) is 11.7. The van der Waals surface area contributed by atoms with Crippen molar-refractivity contribution < 1.29 is 0 Å². The molecule has 1 heterocycles. The van der Waals surface area contributed by atoms with Gasteiger partial charge in [0.1, 0.15) is 5.82 Å². The molecule has 15 heavy (non-hydrogen) atoms. The minimum atomic E-state index is 0.449. The van der Waals surface area contributed by atoms with Crippen LogP contribution in [-0.4, -0.2) is 21.3 Å². The molecule has 0 radical (unpaired) electrons. The average molecular weight is 210 g/mol. The third-order valence-corrected chi connectivity index (χ3v) is 2.84. The zero-order valence-corrected chi connectivity index (χ0v) is 10.4. The maximum atomic E-state index is 4.28. The standard InChI is InChI=1S/C11H22N4/c1-6-12-11-14-13-10(15(11)7-2)9(5)8(3)4/h8-9H,6-7H2,1-5H3,(H,12,14). The second-order valence-electron chi connectivity index (χ2n) is 4.19. The van der Waals surface area contributed by atoms with Crippen LogP contribution in [0.15, 0.2) is 0 Å². The second-order valence-corrected chi connectivity index (χ2v) is 4.19. The Morgan fingerprint density at radius 2 is 1.87 bits per heavy atom. The Kier molecular flexibility index (Phi) is 4.12. The third kappa shape index (κ3) is 2.49. The summed E-state index contributed by atoms with van der Waals surface area (Å²) in [5.74, 6) is 3.02. The van der Waals surface area contributed by atoms with Gasteiger partial charge in [-0.3, -0.25) is 4.57 Å². The smallest absolute Gasteiger partial charge is 0.224 e. The van der Waals surface area contributed by atoms with Crippen LogP contribution >= 0.6 is 0 Å². The van der Waals surface area contributed by atoms with Crippen LogP contribution in [0.25, 0.3) is 0 Å². The minimum Gasteiger partial charge on any atom is -0.355 e. The predicted octanol–water partition coefficient (Wildman–Crippen LogP) is 2.49. The van der Waals surface area contributed by atoms with Gasteiger partial charge < -0.3 is 5.32 Å². The fourth-order valence-corrected chi connectivity index (χ4v) is 1.55. The van der Waals surface area contributed by atoms with E-state index in [0.29, 0.717) is 11.8 Å². The van der Waals surface area contributed by atoms with Crippen molar-refractivity contribution in [1.29, 1.82) is 0 Å². The Morgan fingerprint density at radius 1 is 1.20 bits per heavy atom. The van der Waals surface area contributed by atoms with Crippen molar-refractivity contribution in [3.63, 3.8) is 0 Å². The number of aromatic nitrogens is 3.